The molecule has 0 aliphatic carbocycles. The SMILES string of the molecule is CN[C@@H](CCCC(=O)OC)COC(=O)Nc1cc2ccccc2cn1.COC(=O)CCC[C@@H](COC(=O)Nc1cc2ccccc2cn1)N(C)C(=O)NCc1ccc(F)cc1Cl.S.S. The third kappa shape index (κ3) is 18.4. The molecule has 3 aromatic carbocycles. The Morgan fingerprint density at radius 1 is 0.719 bits per heavy atom. The first-order chi connectivity index (χ1) is 29.9. The second-order valence-corrected chi connectivity index (χ2v) is 14.3. The molecule has 2 atom stereocenters. The predicted octanol–water partition coefficient (Wildman–Crippen LogP) is 8.07. The average molecular weight is 945 g/mol. The number of esters is 2. The number of benzene rings is 3. The molecule has 0 unspecified atom stereocenters. The van der Waals surface area contributed by atoms with Crippen molar-refractivity contribution >= 4 is 102 Å². The van der Waals surface area contributed by atoms with Crippen LogP contribution in [-0.4, -0.2) is 98.6 Å². The fourth-order valence-corrected chi connectivity index (χ4v) is 6.17. The van der Waals surface area contributed by atoms with Crippen molar-refractivity contribution < 1.29 is 47.3 Å². The van der Waals surface area contributed by atoms with Gasteiger partial charge in [0, 0.05) is 60.7 Å². The Bertz CT molecular complexity index is 2300. The number of aromatic nitrogens is 2. The zero-order valence-corrected chi connectivity index (χ0v) is 38.7. The maximum Gasteiger partial charge on any atom is 0.412 e. The van der Waals surface area contributed by atoms with E-state index in [4.69, 9.17) is 21.1 Å². The van der Waals surface area contributed by atoms with Crippen molar-refractivity contribution in [3.05, 3.63) is 108 Å². The Labute approximate surface area is 390 Å². The van der Waals surface area contributed by atoms with Crippen LogP contribution in [0.2, 0.25) is 5.02 Å². The quantitative estimate of drug-likeness (QED) is 0.0487. The highest BCUT2D eigenvalue weighted by atomic mass is 35.5. The highest BCUT2D eigenvalue weighted by Crippen LogP contribution is 2.19. The lowest BCUT2D eigenvalue weighted by Crippen LogP contribution is -2.46. The molecule has 4 amide bonds. The van der Waals surface area contributed by atoms with Gasteiger partial charge in [-0.3, -0.25) is 20.2 Å². The van der Waals surface area contributed by atoms with E-state index in [0.717, 1.165) is 21.5 Å². The topological polar surface area (TPSA) is 199 Å². The largest absolute Gasteiger partial charge is 0.469 e. The van der Waals surface area contributed by atoms with E-state index < -0.39 is 30.1 Å². The van der Waals surface area contributed by atoms with E-state index in [2.05, 4.69) is 40.7 Å². The summed E-state index contributed by atoms with van der Waals surface area (Å²) in [6.45, 7) is 0.158. The van der Waals surface area contributed by atoms with E-state index in [0.29, 0.717) is 49.3 Å². The Morgan fingerprint density at radius 2 is 1.22 bits per heavy atom. The molecule has 4 N–H and O–H groups in total. The number of fused-ring (bicyclic) bond motifs is 2. The fraction of sp³-hybridized carbons (Fsp3) is 0.341. The maximum absolute atomic E-state index is 13.3. The summed E-state index contributed by atoms with van der Waals surface area (Å²) in [5.74, 6) is -0.325. The summed E-state index contributed by atoms with van der Waals surface area (Å²) >= 11 is 6.03. The molecule has 0 fully saturated rings. The van der Waals surface area contributed by atoms with Crippen LogP contribution in [0.25, 0.3) is 21.5 Å². The average Bonchev–Trinajstić information content (AvgIpc) is 3.27. The molecule has 0 aliphatic rings. The van der Waals surface area contributed by atoms with Gasteiger partial charge in [-0.25, -0.2) is 28.7 Å². The molecule has 0 saturated carbocycles. The lowest BCUT2D eigenvalue weighted by Gasteiger charge is -2.28. The first kappa shape index (κ1) is 54.2. The van der Waals surface area contributed by atoms with Gasteiger partial charge in [0.25, 0.3) is 0 Å². The molecular formula is C44H55ClFN7O9S2. The Morgan fingerprint density at radius 3 is 1.72 bits per heavy atom. The molecule has 20 heteroatoms. The molecule has 0 saturated heterocycles. The third-order valence-corrected chi connectivity index (χ3v) is 9.93. The monoisotopic (exact) mass is 943 g/mol. The molecule has 2 heterocycles. The smallest absolute Gasteiger partial charge is 0.412 e. The van der Waals surface area contributed by atoms with Gasteiger partial charge in [-0.1, -0.05) is 66.2 Å². The summed E-state index contributed by atoms with van der Waals surface area (Å²) < 4.78 is 33.1. The molecule has 0 aliphatic heterocycles. The van der Waals surface area contributed by atoms with Gasteiger partial charge in [0.15, 0.2) is 0 Å². The molecule has 64 heavy (non-hydrogen) atoms. The van der Waals surface area contributed by atoms with E-state index in [-0.39, 0.29) is 76.2 Å². The van der Waals surface area contributed by atoms with Gasteiger partial charge in [-0.15, -0.1) is 0 Å². The molecule has 16 nitrogen and oxygen atoms in total. The number of hydrogen-bond donors (Lipinski definition) is 4. The number of halogens is 2. The molecule has 0 bridgehead atoms. The van der Waals surface area contributed by atoms with E-state index in [1.54, 1.807) is 38.6 Å². The summed E-state index contributed by atoms with van der Waals surface area (Å²) in [6.07, 6.45) is 4.71. The second kappa shape index (κ2) is 28.7. The number of likely N-dealkylation sites (N-methyl/N-ethyl adjacent to an activating group) is 2. The minimum absolute atomic E-state index is 0. The van der Waals surface area contributed by atoms with Crippen LogP contribution in [0, 0.1) is 5.82 Å². The lowest BCUT2D eigenvalue weighted by molar-refractivity contribution is -0.141. The van der Waals surface area contributed by atoms with Gasteiger partial charge < -0.3 is 34.5 Å². The summed E-state index contributed by atoms with van der Waals surface area (Å²) in [6, 6.07) is 21.8. The third-order valence-electron chi connectivity index (χ3n) is 9.57. The zero-order valence-electron chi connectivity index (χ0n) is 36.0. The van der Waals surface area contributed by atoms with Crippen molar-refractivity contribution in [3.8, 4) is 0 Å². The van der Waals surface area contributed by atoms with E-state index in [9.17, 15) is 28.4 Å². The number of carbonyl (C=O) groups excluding carboxylic acids is 5. The van der Waals surface area contributed by atoms with Gasteiger partial charge in [0.05, 0.1) is 20.3 Å². The van der Waals surface area contributed by atoms with E-state index >= 15 is 0 Å². The number of nitrogens with one attached hydrogen (secondary N) is 4. The van der Waals surface area contributed by atoms with Crippen molar-refractivity contribution in [2.75, 3.05) is 52.2 Å². The van der Waals surface area contributed by atoms with Crippen molar-refractivity contribution in [2.45, 2.75) is 57.2 Å². The first-order valence-corrected chi connectivity index (χ1v) is 20.1. The molecule has 0 spiro atoms. The number of hydrogen-bond acceptors (Lipinski definition) is 12. The number of pyridine rings is 2. The summed E-state index contributed by atoms with van der Waals surface area (Å²) in [4.78, 5) is 69.6. The zero-order chi connectivity index (χ0) is 44.9. The minimum atomic E-state index is -0.729. The van der Waals surface area contributed by atoms with Crippen molar-refractivity contribution in [1.82, 2.24) is 25.5 Å². The number of carbonyl (C=O) groups is 5. The molecular weight excluding hydrogens is 889 g/mol. The fourth-order valence-electron chi connectivity index (χ4n) is 5.94. The van der Waals surface area contributed by atoms with Crippen LogP contribution in [0.15, 0.2) is 91.3 Å². The standard InChI is InChI=1S/C26H28ClFN4O5.C18H23N3O4.2H2S/c1-32(25(34)30-15-19-10-11-20(28)13-22(19)27)21(8-5-9-24(33)36-2)16-37-26(35)31-23-12-17-6-3-4-7-18(17)14-29-23;1-19-15(8-5-9-17(22)24-2)12-25-18(23)21-16-10-13-6-3-4-7-14(13)11-20-16;;/h3-4,6-7,10-14,21H,5,8-9,15-16H2,1-2H3,(H,30,34)(H,29,31,35);3-4,6-7,10-11,15,19H,5,8-9,12H2,1-2H3,(H,20,21,23);2*1H2/t21-;15-;;/m00../s1. The van der Waals surface area contributed by atoms with Crippen LogP contribution in [0.5, 0.6) is 0 Å². The number of amides is 4. The molecule has 0 radical (unpaired) electrons. The first-order valence-electron chi connectivity index (χ1n) is 19.7. The number of ether oxygens (including phenoxy) is 4. The van der Waals surface area contributed by atoms with E-state index in [1.165, 1.54) is 37.3 Å². The summed E-state index contributed by atoms with van der Waals surface area (Å²) in [5, 5.41) is 15.0. The summed E-state index contributed by atoms with van der Waals surface area (Å²) in [7, 11) is 6.01. The Balaban J connectivity index is 0.000000457. The Kier molecular flexibility index (Phi) is 24.4. The lowest BCUT2D eigenvalue weighted by atomic mass is 10.1. The van der Waals surface area contributed by atoms with Gasteiger partial charge in [-0.05, 0) is 73.3 Å². The minimum Gasteiger partial charge on any atom is -0.469 e. The van der Waals surface area contributed by atoms with Crippen LogP contribution in [0.4, 0.5) is 30.4 Å². The van der Waals surface area contributed by atoms with Crippen LogP contribution in [-0.2, 0) is 35.1 Å². The second-order valence-electron chi connectivity index (χ2n) is 13.9. The highest BCUT2D eigenvalue weighted by Gasteiger charge is 2.23. The van der Waals surface area contributed by atoms with Crippen molar-refractivity contribution in [1.29, 1.82) is 0 Å². The number of nitrogens with zero attached hydrogens (tertiary/aromatic N) is 3. The van der Waals surface area contributed by atoms with Crippen LogP contribution in [0.3, 0.4) is 0 Å². The van der Waals surface area contributed by atoms with Crippen molar-refractivity contribution in [3.63, 3.8) is 0 Å². The number of anilines is 2. The summed E-state index contributed by atoms with van der Waals surface area (Å²) in [5.41, 5.74) is 0.547. The van der Waals surface area contributed by atoms with Crippen molar-refractivity contribution in [2.24, 2.45) is 0 Å². The molecule has 5 rings (SSSR count). The highest BCUT2D eigenvalue weighted by molar-refractivity contribution is 7.59. The van der Waals surface area contributed by atoms with Gasteiger partial charge >= 0.3 is 30.2 Å². The Hall–Kier alpha value is -5.89. The van der Waals surface area contributed by atoms with Gasteiger partial charge in [-0.2, -0.15) is 27.0 Å². The number of methoxy groups -OCH3 is 2. The number of rotatable bonds is 18. The predicted molar refractivity (Wildman–Crippen MR) is 254 cm³/mol. The van der Waals surface area contributed by atoms with Crippen LogP contribution in [0.1, 0.15) is 44.1 Å². The van der Waals surface area contributed by atoms with Crippen LogP contribution < -0.4 is 21.3 Å². The van der Waals surface area contributed by atoms with E-state index in [1.807, 2.05) is 48.5 Å². The van der Waals surface area contributed by atoms with Gasteiger partial charge in [0.2, 0.25) is 0 Å². The maximum atomic E-state index is 13.3. The van der Waals surface area contributed by atoms with Crippen LogP contribution >= 0.6 is 38.6 Å². The molecule has 346 valence electrons. The van der Waals surface area contributed by atoms with Gasteiger partial charge in [0.1, 0.15) is 30.7 Å². The number of urea groups is 1. The normalized spacial score (nSPS) is 11.2. The molecule has 5 aromatic rings. The molecule has 2 aromatic heterocycles.